The van der Waals surface area contributed by atoms with E-state index in [2.05, 4.69) is 0 Å². The standard InChI is InChI=1S/C13H7Cl2NOS/c14-10-4-2-1-3-8(10)9(7-16)12(17)13-11(15)5-6-18-13/h1-6,9H. The Balaban J connectivity index is 2.43. The van der Waals surface area contributed by atoms with Gasteiger partial charge >= 0.3 is 0 Å². The number of nitrogens with zero attached hydrogens (tertiary/aromatic N) is 1. The lowest BCUT2D eigenvalue weighted by Crippen LogP contribution is -2.10. The Kier molecular flexibility index (Phi) is 4.03. The smallest absolute Gasteiger partial charge is 0.195 e. The van der Waals surface area contributed by atoms with Crippen molar-refractivity contribution in [3.63, 3.8) is 0 Å². The van der Waals surface area contributed by atoms with E-state index in [-0.39, 0.29) is 5.78 Å². The molecule has 0 amide bonds. The monoisotopic (exact) mass is 295 g/mol. The molecule has 2 nitrogen and oxygen atoms in total. The largest absolute Gasteiger partial charge is 0.291 e. The van der Waals surface area contributed by atoms with Gasteiger partial charge in [-0.15, -0.1) is 11.3 Å². The van der Waals surface area contributed by atoms with E-state index in [1.165, 1.54) is 11.3 Å². The molecule has 0 spiro atoms. The minimum absolute atomic E-state index is 0.314. The molecule has 0 aliphatic heterocycles. The number of hydrogen-bond acceptors (Lipinski definition) is 3. The zero-order chi connectivity index (χ0) is 13.1. The van der Waals surface area contributed by atoms with Crippen molar-refractivity contribution in [2.45, 2.75) is 5.92 Å². The van der Waals surface area contributed by atoms with Crippen molar-refractivity contribution >= 4 is 40.3 Å². The highest BCUT2D eigenvalue weighted by molar-refractivity contribution is 7.12. The van der Waals surface area contributed by atoms with Crippen LogP contribution >= 0.6 is 34.5 Å². The number of nitriles is 1. The number of halogens is 2. The predicted molar refractivity (Wildman–Crippen MR) is 73.5 cm³/mol. The first-order valence-corrected chi connectivity index (χ1v) is 6.70. The topological polar surface area (TPSA) is 40.9 Å². The highest BCUT2D eigenvalue weighted by Gasteiger charge is 2.26. The van der Waals surface area contributed by atoms with Crippen molar-refractivity contribution in [3.8, 4) is 6.07 Å². The van der Waals surface area contributed by atoms with E-state index in [0.29, 0.717) is 20.5 Å². The third kappa shape index (κ3) is 2.41. The fraction of sp³-hybridized carbons (Fsp3) is 0.0769. The van der Waals surface area contributed by atoms with Crippen molar-refractivity contribution in [1.82, 2.24) is 0 Å². The second kappa shape index (κ2) is 5.53. The van der Waals surface area contributed by atoms with Crippen LogP contribution in [0, 0.1) is 11.3 Å². The van der Waals surface area contributed by atoms with Crippen molar-refractivity contribution in [3.05, 3.63) is 56.2 Å². The van der Waals surface area contributed by atoms with Crippen LogP contribution in [0.3, 0.4) is 0 Å². The molecular weight excluding hydrogens is 289 g/mol. The molecule has 0 aliphatic carbocycles. The molecule has 18 heavy (non-hydrogen) atoms. The lowest BCUT2D eigenvalue weighted by molar-refractivity contribution is 0.0983. The fourth-order valence-electron chi connectivity index (χ4n) is 1.58. The van der Waals surface area contributed by atoms with Crippen LogP contribution < -0.4 is 0 Å². The average Bonchev–Trinajstić information content (AvgIpc) is 2.78. The molecule has 0 N–H and O–H groups in total. The molecule has 0 fully saturated rings. The van der Waals surface area contributed by atoms with E-state index in [4.69, 9.17) is 23.2 Å². The summed E-state index contributed by atoms with van der Waals surface area (Å²) in [5, 5.41) is 11.7. The average molecular weight is 296 g/mol. The van der Waals surface area contributed by atoms with Gasteiger partial charge in [0.05, 0.1) is 16.0 Å². The molecular formula is C13H7Cl2NOS. The summed E-state index contributed by atoms with van der Waals surface area (Å²) in [4.78, 5) is 12.6. The molecule has 1 aromatic carbocycles. The van der Waals surface area contributed by atoms with Crippen molar-refractivity contribution in [2.24, 2.45) is 0 Å². The molecule has 0 aliphatic rings. The first kappa shape index (κ1) is 13.1. The first-order chi connectivity index (χ1) is 8.65. The van der Waals surface area contributed by atoms with Gasteiger partial charge in [-0.25, -0.2) is 0 Å². The molecule has 0 saturated carbocycles. The van der Waals surface area contributed by atoms with Gasteiger partial charge in [-0.1, -0.05) is 41.4 Å². The van der Waals surface area contributed by atoms with Gasteiger partial charge in [-0.2, -0.15) is 5.26 Å². The minimum atomic E-state index is -0.921. The number of hydrogen-bond donors (Lipinski definition) is 0. The van der Waals surface area contributed by atoms with E-state index in [0.717, 1.165) is 0 Å². The van der Waals surface area contributed by atoms with Crippen molar-refractivity contribution < 1.29 is 4.79 Å². The quantitative estimate of drug-likeness (QED) is 0.780. The summed E-state index contributed by atoms with van der Waals surface area (Å²) in [6, 6.07) is 10.5. The lowest BCUT2D eigenvalue weighted by atomic mass is 9.95. The molecule has 90 valence electrons. The first-order valence-electron chi connectivity index (χ1n) is 5.06. The van der Waals surface area contributed by atoms with Crippen LogP contribution in [-0.2, 0) is 0 Å². The number of Topliss-reactive ketones (excluding diaryl/α,β-unsaturated/α-hetero) is 1. The zero-order valence-electron chi connectivity index (χ0n) is 9.06. The van der Waals surface area contributed by atoms with Gasteiger partial charge in [-0.05, 0) is 23.1 Å². The van der Waals surface area contributed by atoms with Crippen molar-refractivity contribution in [1.29, 1.82) is 5.26 Å². The molecule has 0 bridgehead atoms. The van der Waals surface area contributed by atoms with Crippen LogP contribution in [0.2, 0.25) is 10.0 Å². The summed E-state index contributed by atoms with van der Waals surface area (Å²) in [7, 11) is 0. The van der Waals surface area contributed by atoms with Gasteiger partial charge in [0.2, 0.25) is 0 Å². The van der Waals surface area contributed by atoms with Gasteiger partial charge in [0.1, 0.15) is 5.92 Å². The Morgan fingerprint density at radius 3 is 2.50 bits per heavy atom. The van der Waals surface area contributed by atoms with Crippen LogP contribution in [0.15, 0.2) is 35.7 Å². The maximum absolute atomic E-state index is 12.3. The van der Waals surface area contributed by atoms with Crippen LogP contribution in [0.1, 0.15) is 21.2 Å². The third-order valence-electron chi connectivity index (χ3n) is 2.45. The van der Waals surface area contributed by atoms with Crippen molar-refractivity contribution in [2.75, 3.05) is 0 Å². The summed E-state index contributed by atoms with van der Waals surface area (Å²) >= 11 is 13.1. The van der Waals surface area contributed by atoms with Gasteiger partial charge in [-0.3, -0.25) is 4.79 Å². The summed E-state index contributed by atoms with van der Waals surface area (Å²) < 4.78 is 0. The molecule has 1 atom stereocenters. The van der Waals surface area contributed by atoms with Gasteiger partial charge in [0.25, 0.3) is 0 Å². The van der Waals surface area contributed by atoms with E-state index in [1.54, 1.807) is 35.7 Å². The highest BCUT2D eigenvalue weighted by Crippen LogP contribution is 2.31. The zero-order valence-corrected chi connectivity index (χ0v) is 11.4. The molecule has 0 radical (unpaired) electrons. The van der Waals surface area contributed by atoms with Crippen LogP contribution in [-0.4, -0.2) is 5.78 Å². The Morgan fingerprint density at radius 2 is 1.94 bits per heavy atom. The Hall–Kier alpha value is -1.34. The number of carbonyl (C=O) groups is 1. The molecule has 2 rings (SSSR count). The maximum Gasteiger partial charge on any atom is 0.195 e. The number of benzene rings is 1. The van der Waals surface area contributed by atoms with E-state index < -0.39 is 5.92 Å². The second-order valence-electron chi connectivity index (χ2n) is 3.55. The SMILES string of the molecule is N#CC(C(=O)c1sccc1Cl)c1ccccc1Cl. The minimum Gasteiger partial charge on any atom is -0.291 e. The van der Waals surface area contributed by atoms with Gasteiger partial charge in [0.15, 0.2) is 5.78 Å². The number of rotatable bonds is 3. The van der Waals surface area contributed by atoms with E-state index in [9.17, 15) is 10.1 Å². The molecule has 1 aromatic heterocycles. The molecule has 1 unspecified atom stereocenters. The van der Waals surface area contributed by atoms with E-state index in [1.807, 2.05) is 6.07 Å². The number of thiophene rings is 1. The van der Waals surface area contributed by atoms with Crippen LogP contribution in [0.5, 0.6) is 0 Å². The van der Waals surface area contributed by atoms with Crippen LogP contribution in [0.25, 0.3) is 0 Å². The number of carbonyl (C=O) groups excluding carboxylic acids is 1. The summed E-state index contributed by atoms with van der Waals surface area (Å²) in [6.45, 7) is 0. The summed E-state index contributed by atoms with van der Waals surface area (Å²) in [6.07, 6.45) is 0. The summed E-state index contributed by atoms with van der Waals surface area (Å²) in [5.41, 5.74) is 0.510. The lowest BCUT2D eigenvalue weighted by Gasteiger charge is -2.09. The Morgan fingerprint density at radius 1 is 1.22 bits per heavy atom. The number of ketones is 1. The molecule has 5 heteroatoms. The summed E-state index contributed by atoms with van der Waals surface area (Å²) in [5.74, 6) is -1.24. The second-order valence-corrected chi connectivity index (χ2v) is 5.28. The normalized spacial score (nSPS) is 11.8. The molecule has 0 saturated heterocycles. The maximum atomic E-state index is 12.3. The van der Waals surface area contributed by atoms with E-state index >= 15 is 0 Å². The third-order valence-corrected chi connectivity index (χ3v) is 4.15. The Bertz CT molecular complexity index is 630. The predicted octanol–water partition coefficient (Wildman–Crippen LogP) is 4.54. The Labute approximate surface area is 118 Å². The molecule has 1 heterocycles. The van der Waals surface area contributed by atoms with Gasteiger partial charge in [0, 0.05) is 5.02 Å². The van der Waals surface area contributed by atoms with Gasteiger partial charge < -0.3 is 0 Å². The highest BCUT2D eigenvalue weighted by atomic mass is 35.5. The fourth-order valence-corrected chi connectivity index (χ4v) is 2.94. The van der Waals surface area contributed by atoms with Crippen LogP contribution in [0.4, 0.5) is 0 Å². The molecule has 2 aromatic rings.